The summed E-state index contributed by atoms with van der Waals surface area (Å²) in [6, 6.07) is 16.2. The molecule has 1 saturated heterocycles. The molecule has 1 heterocycles. The molecule has 0 bridgehead atoms. The molecule has 4 rings (SSSR count). The fraction of sp³-hybridized carbons (Fsp3) is 0.312. The second-order valence-electron chi connectivity index (χ2n) is 9.78. The highest BCUT2D eigenvalue weighted by atomic mass is 16.5. The lowest BCUT2D eigenvalue weighted by atomic mass is 9.93. The molecule has 1 amide bonds. The van der Waals surface area contributed by atoms with Crippen molar-refractivity contribution in [2.75, 3.05) is 20.3 Å². The molecule has 1 atom stereocenters. The van der Waals surface area contributed by atoms with Crippen LogP contribution in [0.2, 0.25) is 0 Å². The normalized spacial score (nSPS) is 16.4. The maximum atomic E-state index is 13.6. The molecule has 0 aliphatic carbocycles. The van der Waals surface area contributed by atoms with Gasteiger partial charge in [0, 0.05) is 12.1 Å². The molecular formula is C32H35NO7. The number of Topliss-reactive ketones (excluding diaryl/α,β-unsaturated/α-hetero) is 1. The molecule has 1 fully saturated rings. The average molecular weight is 546 g/mol. The van der Waals surface area contributed by atoms with Crippen LogP contribution in [0, 0.1) is 0 Å². The Morgan fingerprint density at radius 3 is 2.35 bits per heavy atom. The molecule has 1 aliphatic rings. The van der Waals surface area contributed by atoms with Crippen LogP contribution in [-0.2, 0) is 16.1 Å². The van der Waals surface area contributed by atoms with Crippen LogP contribution in [0.1, 0.15) is 61.9 Å². The van der Waals surface area contributed by atoms with Gasteiger partial charge >= 0.3 is 0 Å². The SMILES string of the molecule is CCOc1cc(C2/C(=C(\O)c3ccc(OCC)c(C(C)C)c3)C(=O)C(=O)N2Cc2cccc(OC)c2)ccc1O. The van der Waals surface area contributed by atoms with Crippen molar-refractivity contribution in [2.45, 2.75) is 46.2 Å². The van der Waals surface area contributed by atoms with Gasteiger partial charge in [-0.25, -0.2) is 0 Å². The number of hydrogen-bond acceptors (Lipinski definition) is 7. The van der Waals surface area contributed by atoms with Crippen molar-refractivity contribution >= 4 is 17.4 Å². The number of nitrogens with zero attached hydrogens (tertiary/aromatic N) is 1. The van der Waals surface area contributed by atoms with E-state index in [0.717, 1.165) is 11.1 Å². The number of carbonyl (C=O) groups is 2. The first-order chi connectivity index (χ1) is 19.2. The lowest BCUT2D eigenvalue weighted by Gasteiger charge is -2.26. The van der Waals surface area contributed by atoms with Crippen LogP contribution in [0.25, 0.3) is 5.76 Å². The zero-order valence-electron chi connectivity index (χ0n) is 23.4. The molecule has 2 N–H and O–H groups in total. The van der Waals surface area contributed by atoms with E-state index in [2.05, 4.69) is 0 Å². The summed E-state index contributed by atoms with van der Waals surface area (Å²) in [6.45, 7) is 8.61. The Hall–Kier alpha value is -4.46. The van der Waals surface area contributed by atoms with Crippen molar-refractivity contribution in [3.8, 4) is 23.0 Å². The molecular weight excluding hydrogens is 510 g/mol. The molecule has 40 heavy (non-hydrogen) atoms. The van der Waals surface area contributed by atoms with Crippen molar-refractivity contribution in [3.05, 3.63) is 88.5 Å². The zero-order chi connectivity index (χ0) is 29.0. The van der Waals surface area contributed by atoms with Gasteiger partial charge < -0.3 is 29.3 Å². The smallest absolute Gasteiger partial charge is 0.295 e. The fourth-order valence-electron chi connectivity index (χ4n) is 4.92. The van der Waals surface area contributed by atoms with E-state index in [-0.39, 0.29) is 35.3 Å². The van der Waals surface area contributed by atoms with Crippen LogP contribution < -0.4 is 14.2 Å². The molecule has 1 aliphatic heterocycles. The highest BCUT2D eigenvalue weighted by Gasteiger charge is 2.46. The minimum absolute atomic E-state index is 0.0418. The number of methoxy groups -OCH3 is 1. The molecule has 8 nitrogen and oxygen atoms in total. The summed E-state index contributed by atoms with van der Waals surface area (Å²) >= 11 is 0. The van der Waals surface area contributed by atoms with Gasteiger partial charge in [0.1, 0.15) is 17.3 Å². The van der Waals surface area contributed by atoms with E-state index >= 15 is 0 Å². The summed E-state index contributed by atoms with van der Waals surface area (Å²) in [5, 5.41) is 21.9. The number of phenols is 1. The van der Waals surface area contributed by atoms with Crippen molar-refractivity contribution in [1.82, 2.24) is 4.90 Å². The second kappa shape index (κ2) is 12.2. The Bertz CT molecular complexity index is 1440. The number of aliphatic hydroxyl groups excluding tert-OH is 1. The molecule has 0 radical (unpaired) electrons. The van der Waals surface area contributed by atoms with Crippen LogP contribution in [-0.4, -0.2) is 47.1 Å². The number of ether oxygens (including phenoxy) is 3. The third-order valence-electron chi connectivity index (χ3n) is 6.83. The average Bonchev–Trinajstić information content (AvgIpc) is 3.19. The minimum Gasteiger partial charge on any atom is -0.507 e. The molecule has 0 spiro atoms. The lowest BCUT2D eigenvalue weighted by Crippen LogP contribution is -2.29. The Kier molecular flexibility index (Phi) is 8.67. The number of aliphatic hydroxyl groups is 1. The Balaban J connectivity index is 1.90. The molecule has 0 aromatic heterocycles. The van der Waals surface area contributed by atoms with E-state index < -0.39 is 17.7 Å². The van der Waals surface area contributed by atoms with Crippen LogP contribution in [0.5, 0.6) is 23.0 Å². The number of benzene rings is 3. The summed E-state index contributed by atoms with van der Waals surface area (Å²) in [5.41, 5.74) is 2.50. The molecule has 1 unspecified atom stereocenters. The van der Waals surface area contributed by atoms with Crippen LogP contribution >= 0.6 is 0 Å². The predicted molar refractivity (Wildman–Crippen MR) is 152 cm³/mol. The van der Waals surface area contributed by atoms with Crippen LogP contribution in [0.3, 0.4) is 0 Å². The van der Waals surface area contributed by atoms with Gasteiger partial charge in [0.2, 0.25) is 0 Å². The Morgan fingerprint density at radius 2 is 1.68 bits per heavy atom. The number of carbonyl (C=O) groups excluding carboxylic acids is 2. The third kappa shape index (κ3) is 5.61. The number of ketones is 1. The molecule has 8 heteroatoms. The van der Waals surface area contributed by atoms with Gasteiger partial charge in [0.05, 0.1) is 31.9 Å². The van der Waals surface area contributed by atoms with Gasteiger partial charge in [0.25, 0.3) is 11.7 Å². The van der Waals surface area contributed by atoms with Crippen molar-refractivity contribution in [3.63, 3.8) is 0 Å². The zero-order valence-corrected chi connectivity index (χ0v) is 23.4. The standard InChI is InChI=1S/C32H35NO7/c1-6-39-26-14-12-22(16-24(26)19(3)4)30(35)28-29(21-11-13-25(34)27(17-21)40-7-2)33(32(37)31(28)36)18-20-9-8-10-23(15-20)38-5/h8-17,19,29,34-35H,6-7,18H2,1-5H3/b30-28+. The number of aromatic hydroxyl groups is 1. The summed E-state index contributed by atoms with van der Waals surface area (Å²) < 4.78 is 16.7. The summed E-state index contributed by atoms with van der Waals surface area (Å²) in [7, 11) is 1.55. The van der Waals surface area contributed by atoms with Crippen molar-refractivity contribution in [1.29, 1.82) is 0 Å². The van der Waals surface area contributed by atoms with E-state index in [1.807, 2.05) is 26.8 Å². The van der Waals surface area contributed by atoms with E-state index in [1.165, 1.54) is 11.0 Å². The quantitative estimate of drug-likeness (QED) is 0.184. The summed E-state index contributed by atoms with van der Waals surface area (Å²) in [5.74, 6) is -0.266. The monoisotopic (exact) mass is 545 g/mol. The molecule has 3 aromatic carbocycles. The fourth-order valence-corrected chi connectivity index (χ4v) is 4.92. The van der Waals surface area contributed by atoms with Gasteiger partial charge in [-0.2, -0.15) is 0 Å². The number of rotatable bonds is 10. The Labute approximate surface area is 234 Å². The number of likely N-dealkylation sites (tertiary alicyclic amines) is 1. The molecule has 210 valence electrons. The predicted octanol–water partition coefficient (Wildman–Crippen LogP) is 5.94. The number of phenolic OH excluding ortho intramolecular Hbond substituents is 1. The maximum absolute atomic E-state index is 13.6. The maximum Gasteiger partial charge on any atom is 0.295 e. The Morgan fingerprint density at radius 1 is 0.950 bits per heavy atom. The minimum atomic E-state index is -0.930. The highest BCUT2D eigenvalue weighted by molar-refractivity contribution is 6.46. The van der Waals surface area contributed by atoms with Crippen LogP contribution in [0.15, 0.2) is 66.2 Å². The van der Waals surface area contributed by atoms with Gasteiger partial charge in [0.15, 0.2) is 11.5 Å². The second-order valence-corrected chi connectivity index (χ2v) is 9.78. The van der Waals surface area contributed by atoms with Gasteiger partial charge in [-0.3, -0.25) is 9.59 Å². The van der Waals surface area contributed by atoms with Crippen molar-refractivity contribution in [2.24, 2.45) is 0 Å². The topological polar surface area (TPSA) is 106 Å². The van der Waals surface area contributed by atoms with E-state index in [9.17, 15) is 19.8 Å². The van der Waals surface area contributed by atoms with E-state index in [4.69, 9.17) is 14.2 Å². The van der Waals surface area contributed by atoms with Gasteiger partial charge in [-0.1, -0.05) is 32.0 Å². The largest absolute Gasteiger partial charge is 0.507 e. The first-order valence-corrected chi connectivity index (χ1v) is 13.3. The summed E-state index contributed by atoms with van der Waals surface area (Å²) in [6.07, 6.45) is 0. The summed E-state index contributed by atoms with van der Waals surface area (Å²) in [4.78, 5) is 28.5. The van der Waals surface area contributed by atoms with E-state index in [0.29, 0.717) is 35.8 Å². The number of amides is 1. The third-order valence-corrected chi connectivity index (χ3v) is 6.83. The molecule has 3 aromatic rings. The number of hydrogen-bond donors (Lipinski definition) is 2. The van der Waals surface area contributed by atoms with Crippen LogP contribution in [0.4, 0.5) is 0 Å². The first-order valence-electron chi connectivity index (χ1n) is 13.3. The highest BCUT2D eigenvalue weighted by Crippen LogP contribution is 2.43. The van der Waals surface area contributed by atoms with Gasteiger partial charge in [-0.05, 0) is 78.9 Å². The van der Waals surface area contributed by atoms with Crippen molar-refractivity contribution < 1.29 is 34.0 Å². The van der Waals surface area contributed by atoms with Gasteiger partial charge in [-0.15, -0.1) is 0 Å². The lowest BCUT2D eigenvalue weighted by molar-refractivity contribution is -0.140. The van der Waals surface area contributed by atoms with E-state index in [1.54, 1.807) is 62.6 Å². The first kappa shape index (κ1) is 28.5. The molecule has 0 saturated carbocycles.